The van der Waals surface area contributed by atoms with Gasteiger partial charge in [0, 0.05) is 37.8 Å². The first-order chi connectivity index (χ1) is 9.98. The van der Waals surface area contributed by atoms with Crippen molar-refractivity contribution in [2.24, 2.45) is 0 Å². The second kappa shape index (κ2) is 5.46. The number of rotatable bonds is 1. The van der Waals surface area contributed by atoms with Crippen molar-refractivity contribution in [2.45, 2.75) is 6.18 Å². The molecule has 1 aliphatic heterocycles. The number of hydrogen-bond acceptors (Lipinski definition) is 3. The number of halogens is 4. The van der Waals surface area contributed by atoms with Gasteiger partial charge in [0.25, 0.3) is 0 Å². The second-order valence-corrected chi connectivity index (χ2v) is 5.75. The van der Waals surface area contributed by atoms with Crippen LogP contribution in [0.2, 0.25) is 0 Å². The maximum atomic E-state index is 13.1. The molecule has 7 heteroatoms. The van der Waals surface area contributed by atoms with Gasteiger partial charge in [-0.1, -0.05) is 12.1 Å². The van der Waals surface area contributed by atoms with Crippen molar-refractivity contribution in [3.63, 3.8) is 0 Å². The van der Waals surface area contributed by atoms with Gasteiger partial charge in [0.05, 0.1) is 21.2 Å². The van der Waals surface area contributed by atoms with Crippen LogP contribution in [0.15, 0.2) is 28.9 Å². The summed E-state index contributed by atoms with van der Waals surface area (Å²) >= 11 is 3.42. The molecule has 112 valence electrons. The van der Waals surface area contributed by atoms with Crippen LogP contribution in [0.5, 0.6) is 0 Å². The van der Waals surface area contributed by atoms with E-state index in [0.29, 0.717) is 5.39 Å². The van der Waals surface area contributed by atoms with Crippen molar-refractivity contribution in [2.75, 3.05) is 31.1 Å². The number of nitrogens with one attached hydrogen (secondary N) is 1. The highest BCUT2D eigenvalue weighted by Gasteiger charge is 2.34. The molecule has 0 aliphatic carbocycles. The molecule has 3 nitrogen and oxygen atoms in total. The molecule has 0 bridgehead atoms. The van der Waals surface area contributed by atoms with E-state index in [-0.39, 0.29) is 5.52 Å². The molecular formula is C14H13BrF3N3. The van der Waals surface area contributed by atoms with Crippen LogP contribution in [0.4, 0.5) is 18.9 Å². The van der Waals surface area contributed by atoms with Crippen molar-refractivity contribution in [3.05, 3.63) is 34.4 Å². The zero-order valence-electron chi connectivity index (χ0n) is 11.0. The molecule has 0 saturated carbocycles. The van der Waals surface area contributed by atoms with Gasteiger partial charge < -0.3 is 10.2 Å². The minimum Gasteiger partial charge on any atom is -0.367 e. The Hall–Kier alpha value is -1.34. The molecule has 0 unspecified atom stereocenters. The van der Waals surface area contributed by atoms with E-state index < -0.39 is 11.7 Å². The van der Waals surface area contributed by atoms with Gasteiger partial charge in [0.1, 0.15) is 0 Å². The molecule has 3 rings (SSSR count). The summed E-state index contributed by atoms with van der Waals surface area (Å²) in [4.78, 5) is 6.08. The van der Waals surface area contributed by atoms with Crippen molar-refractivity contribution >= 4 is 32.5 Å². The number of benzene rings is 1. The third-order valence-electron chi connectivity index (χ3n) is 3.56. The Morgan fingerprint density at radius 2 is 1.90 bits per heavy atom. The van der Waals surface area contributed by atoms with Gasteiger partial charge in [-0.3, -0.25) is 4.98 Å². The number of aromatic nitrogens is 1. The van der Waals surface area contributed by atoms with Gasteiger partial charge in [-0.05, 0) is 22.0 Å². The van der Waals surface area contributed by atoms with Crippen LogP contribution in [-0.4, -0.2) is 31.2 Å². The number of para-hydroxylation sites is 1. The van der Waals surface area contributed by atoms with Crippen LogP contribution < -0.4 is 10.2 Å². The number of hydrogen-bond donors (Lipinski definition) is 1. The minimum atomic E-state index is -4.40. The summed E-state index contributed by atoms with van der Waals surface area (Å²) in [5, 5.41) is 3.76. The standard InChI is InChI=1S/C14H13BrF3N3/c15-11-8-20-12-9(2-1-3-10(12)14(16,17)18)13(11)21-6-4-19-5-7-21/h1-3,8,19H,4-7H2. The normalized spacial score (nSPS) is 16.5. The van der Waals surface area contributed by atoms with E-state index in [9.17, 15) is 13.2 Å². The Balaban J connectivity index is 2.22. The second-order valence-electron chi connectivity index (χ2n) is 4.89. The third kappa shape index (κ3) is 2.72. The molecule has 0 amide bonds. The van der Waals surface area contributed by atoms with Crippen molar-refractivity contribution in [3.8, 4) is 0 Å². The predicted octanol–water partition coefficient (Wildman–Crippen LogP) is 3.43. The molecule has 1 aliphatic rings. The molecule has 0 spiro atoms. The molecule has 1 aromatic carbocycles. The van der Waals surface area contributed by atoms with E-state index in [0.717, 1.165) is 42.4 Å². The van der Waals surface area contributed by atoms with Gasteiger partial charge in [-0.25, -0.2) is 0 Å². The Labute approximate surface area is 128 Å². The van der Waals surface area contributed by atoms with E-state index in [1.807, 2.05) is 0 Å². The van der Waals surface area contributed by atoms with E-state index in [1.165, 1.54) is 12.3 Å². The molecule has 1 saturated heterocycles. The number of nitrogens with zero attached hydrogens (tertiary/aromatic N) is 2. The highest BCUT2D eigenvalue weighted by Crippen LogP contribution is 2.39. The van der Waals surface area contributed by atoms with Gasteiger partial charge >= 0.3 is 6.18 Å². The average Bonchev–Trinajstić information content (AvgIpc) is 2.46. The van der Waals surface area contributed by atoms with Crippen molar-refractivity contribution in [1.82, 2.24) is 10.3 Å². The van der Waals surface area contributed by atoms with Gasteiger partial charge in [-0.15, -0.1) is 0 Å². The van der Waals surface area contributed by atoms with Crippen LogP contribution in [0, 0.1) is 0 Å². The Morgan fingerprint density at radius 3 is 2.57 bits per heavy atom. The topological polar surface area (TPSA) is 28.2 Å². The Bertz CT molecular complexity index is 666. The lowest BCUT2D eigenvalue weighted by atomic mass is 10.1. The smallest absolute Gasteiger partial charge is 0.367 e. The molecule has 1 N–H and O–H groups in total. The fraction of sp³-hybridized carbons (Fsp3) is 0.357. The van der Waals surface area contributed by atoms with Gasteiger partial charge in [-0.2, -0.15) is 13.2 Å². The van der Waals surface area contributed by atoms with Crippen LogP contribution >= 0.6 is 15.9 Å². The van der Waals surface area contributed by atoms with Gasteiger partial charge in [0.2, 0.25) is 0 Å². The van der Waals surface area contributed by atoms with Crippen LogP contribution in [0.1, 0.15) is 5.56 Å². The largest absolute Gasteiger partial charge is 0.418 e. The number of anilines is 1. The van der Waals surface area contributed by atoms with E-state index >= 15 is 0 Å². The number of piperazine rings is 1. The monoisotopic (exact) mass is 359 g/mol. The maximum absolute atomic E-state index is 13.1. The molecule has 2 heterocycles. The Kier molecular flexibility index (Phi) is 3.79. The third-order valence-corrected chi connectivity index (χ3v) is 4.14. The summed E-state index contributed by atoms with van der Waals surface area (Å²) in [5.74, 6) is 0. The van der Waals surface area contributed by atoms with Crippen molar-refractivity contribution in [1.29, 1.82) is 0 Å². The molecule has 0 atom stereocenters. The van der Waals surface area contributed by atoms with Gasteiger partial charge in [0.15, 0.2) is 0 Å². The number of fused-ring (bicyclic) bond motifs is 1. The lowest BCUT2D eigenvalue weighted by molar-refractivity contribution is -0.136. The van der Waals surface area contributed by atoms with E-state index in [4.69, 9.17) is 0 Å². The average molecular weight is 360 g/mol. The molecular weight excluding hydrogens is 347 g/mol. The molecule has 21 heavy (non-hydrogen) atoms. The first-order valence-corrected chi connectivity index (χ1v) is 7.38. The first kappa shape index (κ1) is 14.6. The summed E-state index contributed by atoms with van der Waals surface area (Å²) in [5.41, 5.74) is 0.0956. The van der Waals surface area contributed by atoms with Crippen LogP contribution in [0.25, 0.3) is 10.9 Å². The lowest BCUT2D eigenvalue weighted by Gasteiger charge is -2.31. The minimum absolute atomic E-state index is 0.00160. The quantitative estimate of drug-likeness (QED) is 0.845. The molecule has 0 radical (unpaired) electrons. The number of pyridine rings is 1. The highest BCUT2D eigenvalue weighted by atomic mass is 79.9. The molecule has 1 aromatic heterocycles. The first-order valence-electron chi connectivity index (χ1n) is 6.58. The Morgan fingerprint density at radius 1 is 1.19 bits per heavy atom. The summed E-state index contributed by atoms with van der Waals surface area (Å²) in [7, 11) is 0. The summed E-state index contributed by atoms with van der Waals surface area (Å²) < 4.78 is 40.1. The number of alkyl halides is 3. The zero-order valence-corrected chi connectivity index (χ0v) is 12.6. The predicted molar refractivity (Wildman–Crippen MR) is 79.5 cm³/mol. The van der Waals surface area contributed by atoms with Crippen LogP contribution in [-0.2, 0) is 6.18 Å². The van der Waals surface area contributed by atoms with Crippen LogP contribution in [0.3, 0.4) is 0 Å². The maximum Gasteiger partial charge on any atom is 0.418 e. The molecule has 1 fully saturated rings. The van der Waals surface area contributed by atoms with E-state index in [1.54, 1.807) is 6.07 Å². The fourth-order valence-corrected chi connectivity index (χ4v) is 3.19. The van der Waals surface area contributed by atoms with Crippen molar-refractivity contribution < 1.29 is 13.2 Å². The van der Waals surface area contributed by atoms with E-state index in [2.05, 4.69) is 31.1 Å². The summed E-state index contributed by atoms with van der Waals surface area (Å²) in [6.45, 7) is 3.15. The zero-order chi connectivity index (χ0) is 15.0. The summed E-state index contributed by atoms with van der Waals surface area (Å²) in [6, 6.07) is 4.20. The highest BCUT2D eigenvalue weighted by molar-refractivity contribution is 9.10. The SMILES string of the molecule is FC(F)(F)c1cccc2c(N3CCNCC3)c(Br)cnc12. The molecule has 2 aromatic rings. The lowest BCUT2D eigenvalue weighted by Crippen LogP contribution is -2.43. The summed E-state index contributed by atoms with van der Waals surface area (Å²) in [6.07, 6.45) is -2.95. The fourth-order valence-electron chi connectivity index (χ4n) is 2.62.